The van der Waals surface area contributed by atoms with Crippen molar-refractivity contribution in [1.82, 2.24) is 0 Å². The van der Waals surface area contributed by atoms with E-state index in [2.05, 4.69) is 48.7 Å². The lowest BCUT2D eigenvalue weighted by Gasteiger charge is -2.10. The summed E-state index contributed by atoms with van der Waals surface area (Å²) in [6.45, 7) is 2.12. The predicted octanol–water partition coefficient (Wildman–Crippen LogP) is 5.53. The molecule has 0 nitrogen and oxygen atoms in total. The van der Waals surface area contributed by atoms with Gasteiger partial charge in [0.25, 0.3) is 0 Å². The van der Waals surface area contributed by atoms with Gasteiger partial charge in [0.2, 0.25) is 0 Å². The molecule has 0 aliphatic heterocycles. The Morgan fingerprint density at radius 3 is 2.47 bits per heavy atom. The molecule has 17 heavy (non-hydrogen) atoms. The van der Waals surface area contributed by atoms with Crippen molar-refractivity contribution in [3.63, 3.8) is 0 Å². The van der Waals surface area contributed by atoms with Crippen molar-refractivity contribution in [3.05, 3.63) is 58.4 Å². The van der Waals surface area contributed by atoms with E-state index < -0.39 is 0 Å². The Morgan fingerprint density at radius 1 is 1.00 bits per heavy atom. The molecule has 0 saturated heterocycles. The number of hydrogen-bond acceptors (Lipinski definition) is 1. The van der Waals surface area contributed by atoms with Crippen LogP contribution in [-0.2, 0) is 0 Å². The molecule has 0 N–H and O–H groups in total. The van der Waals surface area contributed by atoms with Gasteiger partial charge in [-0.2, -0.15) is 0 Å². The van der Waals surface area contributed by atoms with E-state index >= 15 is 0 Å². The van der Waals surface area contributed by atoms with E-state index in [0.29, 0.717) is 0 Å². The molecule has 0 radical (unpaired) electrons. The Balaban J connectivity index is 2.45. The van der Waals surface area contributed by atoms with Crippen LogP contribution in [0.25, 0.3) is 21.2 Å². The fourth-order valence-corrected chi connectivity index (χ4v) is 3.39. The highest BCUT2D eigenvalue weighted by Crippen LogP contribution is 2.37. The van der Waals surface area contributed by atoms with Gasteiger partial charge in [-0.3, -0.25) is 0 Å². The van der Waals surface area contributed by atoms with Gasteiger partial charge >= 0.3 is 0 Å². The van der Waals surface area contributed by atoms with E-state index in [1.807, 2.05) is 6.07 Å². The van der Waals surface area contributed by atoms with Crippen LogP contribution in [0.3, 0.4) is 0 Å². The smallest absolute Gasteiger partial charge is 0.0487 e. The fourth-order valence-electron chi connectivity index (χ4n) is 2.21. The van der Waals surface area contributed by atoms with Gasteiger partial charge in [0, 0.05) is 20.8 Å². The maximum atomic E-state index is 6.30. The molecule has 0 fully saturated rings. The molecule has 1 heterocycles. The van der Waals surface area contributed by atoms with E-state index in [-0.39, 0.29) is 0 Å². The number of aryl methyl sites for hydroxylation is 1. The van der Waals surface area contributed by atoms with E-state index in [4.69, 9.17) is 11.6 Å². The van der Waals surface area contributed by atoms with Gasteiger partial charge in [-0.25, -0.2) is 0 Å². The summed E-state index contributed by atoms with van der Waals surface area (Å²) in [6, 6.07) is 14.6. The number of benzene rings is 2. The maximum Gasteiger partial charge on any atom is 0.0487 e. The largest absolute Gasteiger partial charge is 0.144 e. The summed E-state index contributed by atoms with van der Waals surface area (Å²) in [5.41, 5.74) is 2.54. The van der Waals surface area contributed by atoms with E-state index in [1.165, 1.54) is 21.4 Å². The summed E-state index contributed by atoms with van der Waals surface area (Å²) in [7, 11) is 0. The second kappa shape index (κ2) is 4.17. The maximum absolute atomic E-state index is 6.30. The number of rotatable bonds is 1. The first-order chi connectivity index (χ1) is 8.27. The van der Waals surface area contributed by atoms with Gasteiger partial charge in [-0.15, -0.1) is 11.3 Å². The third kappa shape index (κ3) is 1.76. The number of hydrogen-bond donors (Lipinski definition) is 0. The molecule has 3 aromatic rings. The Labute approximate surface area is 109 Å². The van der Waals surface area contributed by atoms with Crippen LogP contribution in [0.5, 0.6) is 0 Å². The quantitative estimate of drug-likeness (QED) is 0.538. The van der Waals surface area contributed by atoms with Crippen LogP contribution in [0.1, 0.15) is 5.56 Å². The third-order valence-electron chi connectivity index (χ3n) is 2.96. The first kappa shape index (κ1) is 10.8. The highest BCUT2D eigenvalue weighted by Gasteiger charge is 2.10. The first-order valence-electron chi connectivity index (χ1n) is 5.49. The molecule has 84 valence electrons. The molecule has 0 spiro atoms. The number of fused-ring (bicyclic) bond motifs is 1. The van der Waals surface area contributed by atoms with Crippen LogP contribution in [0.2, 0.25) is 5.02 Å². The minimum Gasteiger partial charge on any atom is -0.144 e. The van der Waals surface area contributed by atoms with Crippen LogP contribution in [0, 0.1) is 6.92 Å². The van der Waals surface area contributed by atoms with Crippen LogP contribution in [0.15, 0.2) is 47.8 Å². The SMILES string of the molecule is Cc1cc(Cl)c2ccccc2c1-c1cccs1. The zero-order valence-corrected chi connectivity index (χ0v) is 11.0. The Hall–Kier alpha value is -1.31. The van der Waals surface area contributed by atoms with Crippen molar-refractivity contribution in [3.8, 4) is 10.4 Å². The van der Waals surface area contributed by atoms with E-state index in [1.54, 1.807) is 11.3 Å². The highest BCUT2D eigenvalue weighted by atomic mass is 35.5. The number of halogens is 1. The lowest BCUT2D eigenvalue weighted by atomic mass is 9.98. The molecule has 0 atom stereocenters. The Bertz CT molecular complexity index is 669. The summed E-state index contributed by atoms with van der Waals surface area (Å²) < 4.78 is 0. The second-order valence-corrected chi connectivity index (χ2v) is 5.43. The van der Waals surface area contributed by atoms with Gasteiger partial charge in [-0.05, 0) is 35.4 Å². The summed E-state index contributed by atoms with van der Waals surface area (Å²) in [5.74, 6) is 0. The zero-order chi connectivity index (χ0) is 11.8. The summed E-state index contributed by atoms with van der Waals surface area (Å²) in [5, 5.41) is 5.31. The van der Waals surface area contributed by atoms with Crippen molar-refractivity contribution in [2.45, 2.75) is 6.92 Å². The average Bonchev–Trinajstić information content (AvgIpc) is 2.83. The highest BCUT2D eigenvalue weighted by molar-refractivity contribution is 7.13. The summed E-state index contributed by atoms with van der Waals surface area (Å²) in [4.78, 5) is 1.30. The minimum absolute atomic E-state index is 0.832. The summed E-state index contributed by atoms with van der Waals surface area (Å²) >= 11 is 8.07. The molecule has 0 bridgehead atoms. The molecule has 0 unspecified atom stereocenters. The number of thiophene rings is 1. The molecule has 0 aliphatic carbocycles. The molecule has 0 amide bonds. The van der Waals surface area contributed by atoms with Gasteiger partial charge in [0.15, 0.2) is 0 Å². The Kier molecular flexibility index (Phi) is 2.65. The van der Waals surface area contributed by atoms with Gasteiger partial charge in [0.1, 0.15) is 0 Å². The van der Waals surface area contributed by atoms with Gasteiger partial charge in [-0.1, -0.05) is 41.9 Å². The lowest BCUT2D eigenvalue weighted by molar-refractivity contribution is 1.51. The minimum atomic E-state index is 0.832. The normalized spacial score (nSPS) is 10.9. The van der Waals surface area contributed by atoms with Crippen LogP contribution in [0.4, 0.5) is 0 Å². The fraction of sp³-hybridized carbons (Fsp3) is 0.0667. The van der Waals surface area contributed by atoms with Crippen molar-refractivity contribution >= 4 is 33.7 Å². The van der Waals surface area contributed by atoms with Crippen molar-refractivity contribution < 1.29 is 0 Å². The summed E-state index contributed by atoms with van der Waals surface area (Å²) in [6.07, 6.45) is 0. The van der Waals surface area contributed by atoms with Crippen molar-refractivity contribution in [1.29, 1.82) is 0 Å². The molecule has 0 aliphatic rings. The monoisotopic (exact) mass is 258 g/mol. The molecule has 1 aromatic heterocycles. The van der Waals surface area contributed by atoms with E-state index in [0.717, 1.165) is 10.4 Å². The molecule has 3 rings (SSSR count). The van der Waals surface area contributed by atoms with E-state index in [9.17, 15) is 0 Å². The van der Waals surface area contributed by atoms with Crippen LogP contribution < -0.4 is 0 Å². The molecule has 0 saturated carbocycles. The van der Waals surface area contributed by atoms with Gasteiger partial charge in [0.05, 0.1) is 0 Å². The van der Waals surface area contributed by atoms with Crippen molar-refractivity contribution in [2.75, 3.05) is 0 Å². The first-order valence-corrected chi connectivity index (χ1v) is 6.75. The topological polar surface area (TPSA) is 0 Å². The lowest BCUT2D eigenvalue weighted by Crippen LogP contribution is -1.85. The Morgan fingerprint density at radius 2 is 1.76 bits per heavy atom. The predicted molar refractivity (Wildman–Crippen MR) is 77.0 cm³/mol. The molecule has 2 heteroatoms. The molecular formula is C15H11ClS. The van der Waals surface area contributed by atoms with Crippen LogP contribution >= 0.6 is 22.9 Å². The van der Waals surface area contributed by atoms with Gasteiger partial charge < -0.3 is 0 Å². The van der Waals surface area contributed by atoms with Crippen LogP contribution in [-0.4, -0.2) is 0 Å². The second-order valence-electron chi connectivity index (χ2n) is 4.07. The molecule has 2 aromatic carbocycles. The third-order valence-corrected chi connectivity index (χ3v) is 4.16. The van der Waals surface area contributed by atoms with Crippen molar-refractivity contribution in [2.24, 2.45) is 0 Å². The standard InChI is InChI=1S/C15H11ClS/c1-10-9-13(16)11-5-2-3-6-12(11)15(10)14-7-4-8-17-14/h2-9H,1H3. The molecular weight excluding hydrogens is 248 g/mol. The average molecular weight is 259 g/mol. The zero-order valence-electron chi connectivity index (χ0n) is 9.41.